The lowest BCUT2D eigenvalue weighted by molar-refractivity contribution is -0.118. The average Bonchev–Trinajstić information content (AvgIpc) is 2.88. The van der Waals surface area contributed by atoms with Gasteiger partial charge in [-0.15, -0.1) is 0 Å². The van der Waals surface area contributed by atoms with E-state index in [9.17, 15) is 23.1 Å². The molecule has 2 rings (SSSR count). The molecule has 0 spiro atoms. The molecule has 0 bridgehead atoms. The summed E-state index contributed by atoms with van der Waals surface area (Å²) in [5, 5.41) is 17.9. The minimum atomic E-state index is -3.12. The van der Waals surface area contributed by atoms with Crippen LogP contribution in [0.4, 0.5) is 10.5 Å². The fraction of sp³-hybridized carbons (Fsp3) is 0.529. The summed E-state index contributed by atoms with van der Waals surface area (Å²) in [5.74, 6) is -0.590. The molecule has 2 unspecified atom stereocenters. The van der Waals surface area contributed by atoms with Crippen molar-refractivity contribution in [2.24, 2.45) is 5.92 Å². The maximum atomic E-state index is 12.6. The van der Waals surface area contributed by atoms with Gasteiger partial charge in [0.2, 0.25) is 5.91 Å². The second-order valence-electron chi connectivity index (χ2n) is 7.05. The Labute approximate surface area is 163 Å². The number of rotatable bonds is 6. The van der Waals surface area contributed by atoms with E-state index in [0.29, 0.717) is 17.9 Å². The number of amides is 3. The standard InChI is InChI=1S/C17H24ClN3O5S/c1-10(2)7-14(16(23)20-13-8-11(18)3-4-15(13)22)21-17(24)19-12-5-6-27(25,26)9-12/h3-4,8,10,12,14,22H,5-7,9H2,1-2H3,(H,20,23)(H2,19,21,24). The zero-order valence-corrected chi connectivity index (χ0v) is 16.7. The van der Waals surface area contributed by atoms with Crippen molar-refractivity contribution in [3.05, 3.63) is 23.2 Å². The number of nitrogens with one attached hydrogen (secondary N) is 3. The minimum Gasteiger partial charge on any atom is -0.506 e. The third-order valence-corrected chi connectivity index (χ3v) is 6.12. The number of urea groups is 1. The number of hydrogen-bond acceptors (Lipinski definition) is 5. The van der Waals surface area contributed by atoms with E-state index in [-0.39, 0.29) is 28.9 Å². The van der Waals surface area contributed by atoms with Crippen LogP contribution in [0.3, 0.4) is 0 Å². The lowest BCUT2D eigenvalue weighted by atomic mass is 10.0. The van der Waals surface area contributed by atoms with Crippen LogP contribution in [0.15, 0.2) is 18.2 Å². The molecule has 0 radical (unpaired) electrons. The zero-order chi connectivity index (χ0) is 20.2. The number of benzene rings is 1. The molecule has 1 saturated heterocycles. The number of hydrogen-bond donors (Lipinski definition) is 4. The number of phenolic OH excluding ortho intramolecular Hbond substituents is 1. The van der Waals surface area contributed by atoms with Crippen LogP contribution in [-0.4, -0.2) is 49.1 Å². The van der Waals surface area contributed by atoms with Crippen LogP contribution < -0.4 is 16.0 Å². The Kier molecular flexibility index (Phi) is 6.94. The fourth-order valence-corrected chi connectivity index (χ4v) is 4.67. The van der Waals surface area contributed by atoms with E-state index in [0.717, 1.165) is 0 Å². The average molecular weight is 418 g/mol. The van der Waals surface area contributed by atoms with Gasteiger partial charge in [-0.1, -0.05) is 25.4 Å². The molecule has 0 aliphatic carbocycles. The molecule has 0 aromatic heterocycles. The molecule has 150 valence electrons. The number of aromatic hydroxyl groups is 1. The molecule has 1 aromatic carbocycles. The summed E-state index contributed by atoms with van der Waals surface area (Å²) in [6.07, 6.45) is 0.719. The van der Waals surface area contributed by atoms with Crippen molar-refractivity contribution in [2.75, 3.05) is 16.8 Å². The largest absolute Gasteiger partial charge is 0.506 e. The van der Waals surface area contributed by atoms with Crippen molar-refractivity contribution >= 4 is 39.1 Å². The first-order chi connectivity index (χ1) is 12.6. The van der Waals surface area contributed by atoms with Crippen molar-refractivity contribution in [3.8, 4) is 5.75 Å². The first-order valence-corrected chi connectivity index (χ1v) is 10.8. The van der Waals surface area contributed by atoms with Gasteiger partial charge >= 0.3 is 6.03 Å². The number of halogens is 1. The summed E-state index contributed by atoms with van der Waals surface area (Å²) in [7, 11) is -3.12. The van der Waals surface area contributed by atoms with E-state index in [2.05, 4.69) is 16.0 Å². The van der Waals surface area contributed by atoms with Crippen LogP contribution in [-0.2, 0) is 14.6 Å². The predicted molar refractivity (Wildman–Crippen MR) is 104 cm³/mol. The smallest absolute Gasteiger partial charge is 0.315 e. The number of phenols is 1. The van der Waals surface area contributed by atoms with Crippen LogP contribution in [0.2, 0.25) is 5.02 Å². The number of sulfone groups is 1. The Bertz CT molecular complexity index is 813. The summed E-state index contributed by atoms with van der Waals surface area (Å²) >= 11 is 5.88. The Hall–Kier alpha value is -2.00. The maximum Gasteiger partial charge on any atom is 0.315 e. The summed E-state index contributed by atoms with van der Waals surface area (Å²) < 4.78 is 23.0. The van der Waals surface area contributed by atoms with Crippen LogP contribution in [0, 0.1) is 5.92 Å². The van der Waals surface area contributed by atoms with Crippen molar-refractivity contribution in [1.29, 1.82) is 0 Å². The topological polar surface area (TPSA) is 125 Å². The van der Waals surface area contributed by atoms with Gasteiger partial charge in [0.1, 0.15) is 11.8 Å². The van der Waals surface area contributed by atoms with E-state index in [1.807, 2.05) is 13.8 Å². The molecule has 1 aromatic rings. The highest BCUT2D eigenvalue weighted by atomic mass is 35.5. The maximum absolute atomic E-state index is 12.6. The quantitative estimate of drug-likeness (QED) is 0.526. The lowest BCUT2D eigenvalue weighted by Crippen LogP contribution is -2.51. The molecule has 0 saturated carbocycles. The monoisotopic (exact) mass is 417 g/mol. The van der Waals surface area contributed by atoms with Gasteiger partial charge in [-0.2, -0.15) is 0 Å². The predicted octanol–water partition coefficient (Wildman–Crippen LogP) is 1.89. The van der Waals surface area contributed by atoms with Crippen LogP contribution in [0.5, 0.6) is 5.75 Å². The molecule has 2 atom stereocenters. The van der Waals surface area contributed by atoms with Gasteiger partial charge in [0, 0.05) is 11.1 Å². The second kappa shape index (κ2) is 8.79. The highest BCUT2D eigenvalue weighted by Crippen LogP contribution is 2.26. The van der Waals surface area contributed by atoms with Crippen LogP contribution in [0.1, 0.15) is 26.7 Å². The van der Waals surface area contributed by atoms with E-state index in [4.69, 9.17) is 11.6 Å². The van der Waals surface area contributed by atoms with Crippen molar-refractivity contribution in [3.63, 3.8) is 0 Å². The Morgan fingerprint density at radius 2 is 2.04 bits per heavy atom. The molecule has 4 N–H and O–H groups in total. The van der Waals surface area contributed by atoms with Crippen molar-refractivity contribution in [2.45, 2.75) is 38.8 Å². The first kappa shape index (κ1) is 21.3. The third kappa shape index (κ3) is 6.59. The van der Waals surface area contributed by atoms with Gasteiger partial charge in [-0.25, -0.2) is 13.2 Å². The van der Waals surface area contributed by atoms with Gasteiger partial charge in [-0.3, -0.25) is 4.79 Å². The Balaban J connectivity index is 2.02. The SMILES string of the molecule is CC(C)CC(NC(=O)NC1CCS(=O)(=O)C1)C(=O)Nc1cc(Cl)ccc1O. The second-order valence-corrected chi connectivity index (χ2v) is 9.72. The number of carbonyl (C=O) groups excluding carboxylic acids is 2. The summed E-state index contributed by atoms with van der Waals surface area (Å²) in [4.78, 5) is 24.8. The van der Waals surface area contributed by atoms with E-state index < -0.39 is 33.9 Å². The molecule has 10 heteroatoms. The highest BCUT2D eigenvalue weighted by molar-refractivity contribution is 7.91. The van der Waals surface area contributed by atoms with Gasteiger partial charge in [-0.05, 0) is 37.0 Å². The van der Waals surface area contributed by atoms with Gasteiger partial charge in [0.15, 0.2) is 9.84 Å². The zero-order valence-electron chi connectivity index (χ0n) is 15.2. The fourth-order valence-electron chi connectivity index (χ4n) is 2.83. The van der Waals surface area contributed by atoms with Crippen molar-refractivity contribution in [1.82, 2.24) is 10.6 Å². The first-order valence-electron chi connectivity index (χ1n) is 8.62. The molecule has 3 amide bonds. The molecule has 1 aliphatic heterocycles. The van der Waals surface area contributed by atoms with Gasteiger partial charge in [0.25, 0.3) is 0 Å². The third-order valence-electron chi connectivity index (χ3n) is 4.11. The molecule has 27 heavy (non-hydrogen) atoms. The number of carbonyl (C=O) groups is 2. The van der Waals surface area contributed by atoms with Crippen LogP contribution >= 0.6 is 11.6 Å². The molecule has 8 nitrogen and oxygen atoms in total. The molecule has 1 heterocycles. The van der Waals surface area contributed by atoms with E-state index in [1.54, 1.807) is 0 Å². The minimum absolute atomic E-state index is 0.0436. The summed E-state index contributed by atoms with van der Waals surface area (Å²) in [5.41, 5.74) is 0.144. The Morgan fingerprint density at radius 1 is 1.33 bits per heavy atom. The van der Waals surface area contributed by atoms with Crippen molar-refractivity contribution < 1.29 is 23.1 Å². The normalized spacial score (nSPS) is 19.5. The molecular formula is C17H24ClN3O5S. The molecular weight excluding hydrogens is 394 g/mol. The summed E-state index contributed by atoms with van der Waals surface area (Å²) in [6, 6.07) is 2.32. The van der Waals surface area contributed by atoms with E-state index >= 15 is 0 Å². The Morgan fingerprint density at radius 3 is 2.63 bits per heavy atom. The summed E-state index contributed by atoms with van der Waals surface area (Å²) in [6.45, 7) is 3.81. The molecule has 1 fully saturated rings. The lowest BCUT2D eigenvalue weighted by Gasteiger charge is -2.22. The van der Waals surface area contributed by atoms with Gasteiger partial charge in [0.05, 0.1) is 17.2 Å². The molecule has 1 aliphatic rings. The van der Waals surface area contributed by atoms with E-state index in [1.165, 1.54) is 18.2 Å². The van der Waals surface area contributed by atoms with Crippen LogP contribution in [0.25, 0.3) is 0 Å². The van der Waals surface area contributed by atoms with Gasteiger partial charge < -0.3 is 21.1 Å². The highest BCUT2D eigenvalue weighted by Gasteiger charge is 2.30. The number of anilines is 1.